The number of anilines is 1. The number of nitrogens with zero attached hydrogens (tertiary/aromatic N) is 2. The Morgan fingerprint density at radius 2 is 1.63 bits per heavy atom. The number of benzene rings is 4. The molecule has 0 bridgehead atoms. The van der Waals surface area contributed by atoms with E-state index >= 15 is 0 Å². The van der Waals surface area contributed by atoms with Gasteiger partial charge in [0, 0.05) is 36.6 Å². The van der Waals surface area contributed by atoms with E-state index in [4.69, 9.17) is 25.8 Å². The van der Waals surface area contributed by atoms with Gasteiger partial charge in [0.2, 0.25) is 10.0 Å². The highest BCUT2D eigenvalue weighted by molar-refractivity contribution is 7.89. The van der Waals surface area contributed by atoms with Crippen LogP contribution in [0.5, 0.6) is 17.2 Å². The standard InChI is InChI=1S/C47H55ClN2O8S/c1-56-38-14-7-31(8-15-38)26-50(27-32-9-16-39(57-2)17-10-32)59(54,55)22-4-6-33-24-41(33)45(51)40-18-11-36(40)28-49-29-47(21-3-5-34-23-37(48)13-19-42(34)47)30-58-44-20-12-35(46(52)53)25-43(44)49/h7-10,12-17,19-20,23,25,33,36,40-41,45,51H,3-6,11,18,21-22,24,26-30H2,1-2H3,(H,52,53)/t33-,36-,40+,41-,45?,47-/m0/s1. The SMILES string of the molecule is COc1ccc(CN(Cc2ccc(OC)cc2)S(=O)(=O)CCC[C@H]2C[C@@H]2C(O)[C@@H]2CC[C@H]2CN2C[C@@]3(CCCc4cc(Cl)ccc43)COc3ccc(C(=O)O)cc32)cc1. The van der Waals surface area contributed by atoms with Gasteiger partial charge in [-0.15, -0.1) is 0 Å². The predicted molar refractivity (Wildman–Crippen MR) is 229 cm³/mol. The van der Waals surface area contributed by atoms with Crippen LogP contribution in [0.15, 0.2) is 84.9 Å². The third-order valence-electron chi connectivity index (χ3n) is 13.5. The summed E-state index contributed by atoms with van der Waals surface area (Å²) in [5, 5.41) is 22.5. The number of methoxy groups -OCH3 is 2. The van der Waals surface area contributed by atoms with Crippen LogP contribution in [0, 0.1) is 23.7 Å². The third-order valence-corrected chi connectivity index (χ3v) is 15.6. The van der Waals surface area contributed by atoms with Crippen LogP contribution in [0.4, 0.5) is 5.69 Å². The van der Waals surface area contributed by atoms with Gasteiger partial charge in [-0.05, 0) is 152 Å². The molecule has 2 saturated carbocycles. The molecule has 3 aliphatic carbocycles. The maximum absolute atomic E-state index is 13.9. The van der Waals surface area contributed by atoms with E-state index in [1.807, 2.05) is 54.6 Å². The zero-order valence-electron chi connectivity index (χ0n) is 33.9. The zero-order valence-corrected chi connectivity index (χ0v) is 35.5. The number of hydrogen-bond donors (Lipinski definition) is 2. The average molecular weight is 843 g/mol. The molecule has 2 fully saturated rings. The molecule has 1 heterocycles. The molecule has 0 aromatic heterocycles. The lowest BCUT2D eigenvalue weighted by Gasteiger charge is -2.46. The van der Waals surface area contributed by atoms with Crippen molar-refractivity contribution in [2.75, 3.05) is 44.6 Å². The van der Waals surface area contributed by atoms with Gasteiger partial charge in [-0.3, -0.25) is 0 Å². The summed E-state index contributed by atoms with van der Waals surface area (Å²) in [7, 11) is -0.394. The fourth-order valence-corrected chi connectivity index (χ4v) is 11.6. The number of carboxylic acids is 1. The first-order valence-electron chi connectivity index (χ1n) is 20.9. The summed E-state index contributed by atoms with van der Waals surface area (Å²) in [5.74, 6) is 1.99. The van der Waals surface area contributed by atoms with E-state index in [2.05, 4.69) is 17.0 Å². The molecule has 1 spiro atoms. The number of hydrogen-bond acceptors (Lipinski definition) is 8. The van der Waals surface area contributed by atoms with E-state index in [0.29, 0.717) is 43.4 Å². The topological polar surface area (TPSA) is 126 Å². The summed E-state index contributed by atoms with van der Waals surface area (Å²) in [4.78, 5) is 14.5. The lowest BCUT2D eigenvalue weighted by molar-refractivity contribution is -0.00181. The zero-order chi connectivity index (χ0) is 41.3. The summed E-state index contributed by atoms with van der Waals surface area (Å²) >= 11 is 6.44. The lowest BCUT2D eigenvalue weighted by Crippen LogP contribution is -2.50. The number of ether oxygens (including phenoxy) is 3. The summed E-state index contributed by atoms with van der Waals surface area (Å²) in [6, 6.07) is 26.3. The van der Waals surface area contributed by atoms with Crippen LogP contribution in [0.3, 0.4) is 0 Å². The van der Waals surface area contributed by atoms with Crippen molar-refractivity contribution >= 4 is 33.3 Å². The van der Waals surface area contributed by atoms with Crippen LogP contribution in [0.2, 0.25) is 5.02 Å². The molecule has 59 heavy (non-hydrogen) atoms. The number of fused-ring (bicyclic) bond motifs is 3. The number of aliphatic hydroxyl groups excluding tert-OH is 1. The summed E-state index contributed by atoms with van der Waals surface area (Å²) in [5.41, 5.74) is 5.00. The van der Waals surface area contributed by atoms with Crippen molar-refractivity contribution in [3.63, 3.8) is 0 Å². The first-order valence-corrected chi connectivity index (χ1v) is 22.9. The highest BCUT2D eigenvalue weighted by Gasteiger charge is 2.50. The van der Waals surface area contributed by atoms with E-state index < -0.39 is 22.1 Å². The van der Waals surface area contributed by atoms with E-state index in [-0.39, 0.29) is 53.5 Å². The highest BCUT2D eigenvalue weighted by atomic mass is 35.5. The molecule has 0 radical (unpaired) electrons. The highest BCUT2D eigenvalue weighted by Crippen LogP contribution is 2.52. The maximum atomic E-state index is 13.9. The number of aromatic carboxylic acids is 1. The second-order valence-electron chi connectivity index (χ2n) is 17.2. The van der Waals surface area contributed by atoms with Gasteiger partial charge in [-0.1, -0.05) is 41.9 Å². The summed E-state index contributed by atoms with van der Waals surface area (Å²) in [6.45, 7) is 2.37. The Morgan fingerprint density at radius 3 is 2.25 bits per heavy atom. The van der Waals surface area contributed by atoms with Crippen molar-refractivity contribution in [2.45, 2.75) is 76.0 Å². The number of aryl methyl sites for hydroxylation is 1. The van der Waals surface area contributed by atoms with Gasteiger partial charge in [0.1, 0.15) is 17.2 Å². The Kier molecular flexibility index (Phi) is 12.2. The van der Waals surface area contributed by atoms with Crippen molar-refractivity contribution in [3.8, 4) is 17.2 Å². The van der Waals surface area contributed by atoms with Gasteiger partial charge in [-0.25, -0.2) is 13.2 Å². The van der Waals surface area contributed by atoms with Gasteiger partial charge in [0.25, 0.3) is 0 Å². The van der Waals surface area contributed by atoms with E-state index in [1.165, 1.54) is 11.1 Å². The molecule has 4 aromatic carbocycles. The minimum atomic E-state index is -3.61. The molecule has 2 N–H and O–H groups in total. The molecule has 0 amide bonds. The summed E-state index contributed by atoms with van der Waals surface area (Å²) in [6.07, 6.45) is 6.57. The summed E-state index contributed by atoms with van der Waals surface area (Å²) < 4.78 is 46.6. The van der Waals surface area contributed by atoms with Crippen LogP contribution < -0.4 is 19.1 Å². The van der Waals surface area contributed by atoms with Gasteiger partial charge >= 0.3 is 5.97 Å². The Bertz CT molecular complexity index is 2190. The number of carboxylic acid groups (broad SMARTS) is 1. The van der Waals surface area contributed by atoms with Gasteiger partial charge in [0.05, 0.1) is 43.9 Å². The normalized spacial score (nSPS) is 24.0. The molecule has 4 aromatic rings. The molecule has 1 unspecified atom stereocenters. The van der Waals surface area contributed by atoms with E-state index in [0.717, 1.165) is 66.8 Å². The second kappa shape index (κ2) is 17.4. The Hall–Kier alpha value is -4.29. The fraction of sp³-hybridized carbons (Fsp3) is 0.468. The number of carbonyl (C=O) groups is 1. The molecule has 0 saturated heterocycles. The minimum absolute atomic E-state index is 0.0382. The predicted octanol–water partition coefficient (Wildman–Crippen LogP) is 8.36. The number of aliphatic hydroxyl groups is 1. The van der Waals surface area contributed by atoms with Crippen molar-refractivity contribution in [1.29, 1.82) is 0 Å². The van der Waals surface area contributed by atoms with Crippen LogP contribution in [-0.4, -0.2) is 74.7 Å². The molecule has 8 rings (SSSR count). The lowest BCUT2D eigenvalue weighted by atomic mass is 9.68. The monoisotopic (exact) mass is 842 g/mol. The van der Waals surface area contributed by atoms with Gasteiger partial charge in [0.15, 0.2) is 0 Å². The fourth-order valence-electron chi connectivity index (χ4n) is 9.92. The molecule has 12 heteroatoms. The molecule has 10 nitrogen and oxygen atoms in total. The number of sulfonamides is 1. The van der Waals surface area contributed by atoms with Crippen molar-refractivity contribution < 1.29 is 37.6 Å². The van der Waals surface area contributed by atoms with Gasteiger partial charge < -0.3 is 29.3 Å². The van der Waals surface area contributed by atoms with Crippen molar-refractivity contribution in [2.24, 2.45) is 23.7 Å². The maximum Gasteiger partial charge on any atom is 0.335 e. The third kappa shape index (κ3) is 9.09. The minimum Gasteiger partial charge on any atom is -0.497 e. The van der Waals surface area contributed by atoms with Crippen LogP contribution >= 0.6 is 11.6 Å². The van der Waals surface area contributed by atoms with Crippen molar-refractivity contribution in [3.05, 3.63) is 118 Å². The van der Waals surface area contributed by atoms with Crippen LogP contribution in [0.1, 0.15) is 77.6 Å². The first kappa shape index (κ1) is 41.4. The molecule has 1 aliphatic heterocycles. The van der Waals surface area contributed by atoms with Gasteiger partial charge in [-0.2, -0.15) is 4.31 Å². The number of halogens is 1. The quantitative estimate of drug-likeness (QED) is 0.115. The largest absolute Gasteiger partial charge is 0.497 e. The van der Waals surface area contributed by atoms with E-state index in [9.17, 15) is 23.4 Å². The Balaban J connectivity index is 0.917. The Morgan fingerprint density at radius 1 is 0.932 bits per heavy atom. The molecule has 6 atom stereocenters. The second-order valence-corrected chi connectivity index (χ2v) is 19.7. The Labute approximate surface area is 353 Å². The molecule has 314 valence electrons. The van der Waals surface area contributed by atoms with E-state index in [1.54, 1.807) is 36.7 Å². The molecular weight excluding hydrogens is 788 g/mol. The van der Waals surface area contributed by atoms with Crippen molar-refractivity contribution in [1.82, 2.24) is 4.31 Å². The first-order chi connectivity index (χ1) is 28.4. The number of rotatable bonds is 16. The van der Waals surface area contributed by atoms with Crippen LogP contribution in [-0.2, 0) is 34.9 Å². The van der Waals surface area contributed by atoms with Crippen LogP contribution in [0.25, 0.3) is 0 Å². The average Bonchev–Trinajstić information content (AvgIpc) is 4.02. The molecule has 4 aliphatic rings. The molecular formula is C47H55ClN2O8S. The smallest absolute Gasteiger partial charge is 0.335 e.